The van der Waals surface area contributed by atoms with Crippen molar-refractivity contribution in [1.29, 1.82) is 0 Å². The van der Waals surface area contributed by atoms with Crippen LogP contribution in [0.25, 0.3) is 12.2 Å². The number of aryl methyl sites for hydroxylation is 4. The lowest BCUT2D eigenvalue weighted by molar-refractivity contribution is -0.436. The van der Waals surface area contributed by atoms with Gasteiger partial charge < -0.3 is 9.80 Å². The zero-order chi connectivity index (χ0) is 52.0. The molecule has 3 rings (SSSR count). The van der Waals surface area contributed by atoms with Crippen LogP contribution in [0.2, 0.25) is 0 Å². The van der Waals surface area contributed by atoms with Crippen molar-refractivity contribution in [3.8, 4) is 0 Å². The molecule has 66 heavy (non-hydrogen) atoms. The Morgan fingerprint density at radius 2 is 0.682 bits per heavy atom. The van der Waals surface area contributed by atoms with Crippen molar-refractivity contribution in [2.45, 2.75) is 126 Å². The van der Waals surface area contributed by atoms with Gasteiger partial charge in [0.1, 0.15) is 6.17 Å². The van der Waals surface area contributed by atoms with Crippen LogP contribution in [-0.2, 0) is 0 Å². The topological polar surface area (TPSA) is 6.48 Å². The average Bonchev–Trinajstić information content (AvgIpc) is 3.55. The molecule has 2 aromatic rings. The molecule has 2 nitrogen and oxygen atoms in total. The quantitative estimate of drug-likeness (QED) is 0.155. The maximum atomic E-state index is 14.6. The molecule has 1 aliphatic heterocycles. The highest BCUT2D eigenvalue weighted by Crippen LogP contribution is 2.62. The monoisotopic (exact) mass is 1010 g/mol. The maximum absolute atomic E-state index is 14.6. The van der Waals surface area contributed by atoms with Gasteiger partial charge in [-0.25, -0.2) is 0 Å². The standard InChI is InChI=1S/C39H35F25N2/c1-18(2)27-65(25-19(3)14-23(15-20(25)4)8-10-29(42,43)32(48,49)35(54,55)34(52,53)31(46,47)28(7,40)41)12-13-66(27)26-21(5)16-24(17-22(26)6)9-11-30(44,45)33(50,51)36(56,57)37(58,59)38(60,61)39(62,63)64/h8-11,14-18,27H,12-13H2,1-7H3/b10-8+,11-9+. The molecule has 1 saturated heterocycles. The normalized spacial score (nSPS) is 17.7. The van der Waals surface area contributed by atoms with Gasteiger partial charge in [-0.1, -0.05) is 26.0 Å². The zero-order valence-corrected chi connectivity index (χ0v) is 34.5. The third kappa shape index (κ3) is 8.62. The molecular weight excluding hydrogens is 971 g/mol. The Morgan fingerprint density at radius 3 is 0.924 bits per heavy atom. The Kier molecular flexibility index (Phi) is 14.3. The van der Waals surface area contributed by atoms with Crippen LogP contribution in [0, 0.1) is 33.6 Å². The summed E-state index contributed by atoms with van der Waals surface area (Å²) in [6, 6.07) is 4.00. The summed E-state index contributed by atoms with van der Waals surface area (Å²) >= 11 is 0. The lowest BCUT2D eigenvalue weighted by Crippen LogP contribution is -2.70. The highest BCUT2D eigenvalue weighted by Gasteiger charge is 2.91. The van der Waals surface area contributed by atoms with Gasteiger partial charge in [-0.15, -0.1) is 0 Å². The summed E-state index contributed by atoms with van der Waals surface area (Å²) in [5.41, 5.74) is 0.166. The summed E-state index contributed by atoms with van der Waals surface area (Å²) in [7, 11) is 0. The highest BCUT2D eigenvalue weighted by atomic mass is 19.4. The number of hydrogen-bond acceptors (Lipinski definition) is 2. The molecule has 0 spiro atoms. The van der Waals surface area contributed by atoms with Gasteiger partial charge in [-0.3, -0.25) is 0 Å². The number of alkyl halides is 25. The Hall–Kier alpha value is -4.23. The maximum Gasteiger partial charge on any atom is 0.460 e. The Balaban J connectivity index is 1.99. The number of benzene rings is 2. The fourth-order valence-corrected chi connectivity index (χ4v) is 7.21. The van der Waals surface area contributed by atoms with Crippen LogP contribution >= 0.6 is 0 Å². The smallest absolute Gasteiger partial charge is 0.349 e. The summed E-state index contributed by atoms with van der Waals surface area (Å²) in [6.45, 7) is 7.80. The van der Waals surface area contributed by atoms with Gasteiger partial charge in [0, 0.05) is 31.4 Å². The summed E-state index contributed by atoms with van der Waals surface area (Å²) in [5.74, 6) is -81.0. The third-order valence-electron chi connectivity index (χ3n) is 10.5. The van der Waals surface area contributed by atoms with Crippen LogP contribution < -0.4 is 9.80 Å². The second-order valence-corrected chi connectivity index (χ2v) is 15.9. The third-order valence-corrected chi connectivity index (χ3v) is 10.5. The fraction of sp³-hybridized carbons (Fsp3) is 0.590. The lowest BCUT2D eigenvalue weighted by atomic mass is 9.91. The number of anilines is 2. The second kappa shape index (κ2) is 16.8. The van der Waals surface area contributed by atoms with E-state index in [1.807, 2.05) is 0 Å². The van der Waals surface area contributed by atoms with Crippen LogP contribution in [-0.4, -0.2) is 90.6 Å². The van der Waals surface area contributed by atoms with E-state index in [9.17, 15) is 110 Å². The van der Waals surface area contributed by atoms with E-state index in [0.717, 1.165) is 24.3 Å². The molecule has 1 fully saturated rings. The first-order valence-corrected chi connectivity index (χ1v) is 18.4. The van der Waals surface area contributed by atoms with Crippen LogP contribution in [0.3, 0.4) is 0 Å². The number of nitrogens with zero attached hydrogens (tertiary/aromatic N) is 2. The molecular formula is C39H35F25N2. The van der Waals surface area contributed by atoms with E-state index in [0.29, 0.717) is 11.4 Å². The SMILES string of the molecule is Cc1cc(/C=C/C(F)(F)C(F)(F)C(F)(F)C(F)(F)C(F)(F)C(C)(F)F)cc(C)c1N1CCN(c2c(C)cc(/C=C/C(F)(F)C(F)(F)C(F)(F)C(F)(F)C(F)(F)C(F)(F)F)cc2C)C1C(C)C. The summed E-state index contributed by atoms with van der Waals surface area (Å²) in [5, 5.41) is 0. The van der Waals surface area contributed by atoms with Crippen molar-refractivity contribution in [2.75, 3.05) is 22.9 Å². The van der Waals surface area contributed by atoms with Crippen molar-refractivity contribution in [1.82, 2.24) is 0 Å². The molecule has 2 aromatic carbocycles. The minimum absolute atomic E-state index is 0.0172. The summed E-state index contributed by atoms with van der Waals surface area (Å²) in [6.07, 6.45) is -10.4. The average molecular weight is 1010 g/mol. The summed E-state index contributed by atoms with van der Waals surface area (Å²) < 4.78 is 344. The van der Waals surface area contributed by atoms with E-state index >= 15 is 0 Å². The van der Waals surface area contributed by atoms with E-state index in [1.165, 1.54) is 27.7 Å². The minimum Gasteiger partial charge on any atom is -0.349 e. The predicted octanol–water partition coefficient (Wildman–Crippen LogP) is 14.8. The molecule has 0 aliphatic carbocycles. The predicted molar refractivity (Wildman–Crippen MR) is 189 cm³/mol. The van der Waals surface area contributed by atoms with E-state index in [1.54, 1.807) is 23.6 Å². The molecule has 0 amide bonds. The number of allylic oxidation sites excluding steroid dienone is 2. The highest BCUT2D eigenvalue weighted by molar-refractivity contribution is 5.71. The van der Waals surface area contributed by atoms with Crippen molar-refractivity contribution < 1.29 is 110 Å². The van der Waals surface area contributed by atoms with Crippen molar-refractivity contribution in [2.24, 2.45) is 5.92 Å². The molecule has 0 bridgehead atoms. The lowest BCUT2D eigenvalue weighted by Gasteiger charge is -2.40. The molecule has 1 aliphatic rings. The molecule has 0 saturated carbocycles. The fourth-order valence-electron chi connectivity index (χ4n) is 7.21. The van der Waals surface area contributed by atoms with Gasteiger partial charge in [0.15, 0.2) is 0 Å². The number of halogens is 25. The minimum atomic E-state index is -8.08. The second-order valence-electron chi connectivity index (χ2n) is 15.9. The Bertz CT molecular complexity index is 1970. The van der Waals surface area contributed by atoms with E-state index in [-0.39, 0.29) is 47.5 Å². The molecule has 0 aromatic heterocycles. The van der Waals surface area contributed by atoms with Crippen LogP contribution in [0.5, 0.6) is 0 Å². The van der Waals surface area contributed by atoms with Gasteiger partial charge in [0.2, 0.25) is 0 Å². The molecule has 1 atom stereocenters. The van der Waals surface area contributed by atoms with E-state index in [2.05, 4.69) is 0 Å². The van der Waals surface area contributed by atoms with E-state index in [4.69, 9.17) is 0 Å². The largest absolute Gasteiger partial charge is 0.460 e. The van der Waals surface area contributed by atoms with Crippen molar-refractivity contribution >= 4 is 23.5 Å². The van der Waals surface area contributed by atoms with Crippen molar-refractivity contribution in [3.05, 3.63) is 69.8 Å². The molecule has 0 radical (unpaired) electrons. The Morgan fingerprint density at radius 1 is 0.424 bits per heavy atom. The zero-order valence-electron chi connectivity index (χ0n) is 34.5. The van der Waals surface area contributed by atoms with Crippen molar-refractivity contribution in [3.63, 3.8) is 0 Å². The molecule has 0 N–H and O–H groups in total. The van der Waals surface area contributed by atoms with Gasteiger partial charge in [-0.2, -0.15) is 110 Å². The first kappa shape index (κ1) is 56.1. The molecule has 27 heteroatoms. The number of hydrogen-bond donors (Lipinski definition) is 0. The molecule has 1 heterocycles. The van der Waals surface area contributed by atoms with Crippen LogP contribution in [0.1, 0.15) is 54.2 Å². The first-order chi connectivity index (χ1) is 29.1. The van der Waals surface area contributed by atoms with Crippen LogP contribution in [0.15, 0.2) is 36.4 Å². The van der Waals surface area contributed by atoms with E-state index < -0.39 is 114 Å². The number of rotatable bonds is 16. The Labute approximate surface area is 358 Å². The van der Waals surface area contributed by atoms with Gasteiger partial charge in [0.05, 0.1) is 0 Å². The summed E-state index contributed by atoms with van der Waals surface area (Å²) in [4.78, 5) is 3.39. The van der Waals surface area contributed by atoms with Crippen LogP contribution in [0.4, 0.5) is 121 Å². The molecule has 1 unspecified atom stereocenters. The van der Waals surface area contributed by atoms with Gasteiger partial charge in [-0.05, 0) is 103 Å². The first-order valence-electron chi connectivity index (χ1n) is 18.4. The van der Waals surface area contributed by atoms with Gasteiger partial charge in [0.25, 0.3) is 0 Å². The van der Waals surface area contributed by atoms with Gasteiger partial charge >= 0.3 is 71.3 Å². The molecule has 376 valence electrons.